The number of hydrogen-bond acceptors (Lipinski definition) is 4. The minimum atomic E-state index is -5.14. The summed E-state index contributed by atoms with van der Waals surface area (Å²) >= 11 is 0. The fourth-order valence-electron chi connectivity index (χ4n) is 3.16. The maximum Gasteiger partial charge on any atom is 0.456 e. The van der Waals surface area contributed by atoms with Crippen LogP contribution in [0.3, 0.4) is 0 Å². The summed E-state index contributed by atoms with van der Waals surface area (Å²) < 4.78 is 40.0. The molecule has 0 unspecified atom stereocenters. The Bertz CT molecular complexity index is 1260. The van der Waals surface area contributed by atoms with Crippen molar-refractivity contribution in [2.24, 2.45) is 0 Å². The van der Waals surface area contributed by atoms with E-state index in [1.165, 1.54) is 0 Å². The Morgan fingerprint density at radius 2 is 1.52 bits per heavy atom. The fourth-order valence-corrected chi connectivity index (χ4v) is 3.16. The van der Waals surface area contributed by atoms with Gasteiger partial charge in [0.25, 0.3) is 5.78 Å². The van der Waals surface area contributed by atoms with Crippen LogP contribution in [0.4, 0.5) is 13.2 Å². The number of hydrogen-bond donors (Lipinski definition) is 1. The van der Waals surface area contributed by atoms with E-state index in [1.54, 1.807) is 24.3 Å². The first-order chi connectivity index (χ1) is 14.7. The van der Waals surface area contributed by atoms with E-state index in [-0.39, 0.29) is 16.8 Å². The van der Waals surface area contributed by atoms with Crippen LogP contribution in [0, 0.1) is 0 Å². The van der Waals surface area contributed by atoms with E-state index in [0.717, 1.165) is 40.4 Å². The van der Waals surface area contributed by atoms with Crippen LogP contribution in [-0.2, 0) is 0 Å². The van der Waals surface area contributed by atoms with Crippen molar-refractivity contribution in [3.63, 3.8) is 0 Å². The lowest BCUT2D eigenvalue weighted by Gasteiger charge is -2.07. The maximum atomic E-state index is 13.1. The first-order valence-corrected chi connectivity index (χ1v) is 9.02. The summed E-state index contributed by atoms with van der Waals surface area (Å²) in [7, 11) is 0. The quantitative estimate of drug-likeness (QED) is 0.376. The molecule has 4 aromatic rings. The smallest absolute Gasteiger partial charge is 0.412 e. The summed E-state index contributed by atoms with van der Waals surface area (Å²) in [5.41, 5.74) is 1.20. The van der Waals surface area contributed by atoms with Crippen molar-refractivity contribution in [1.82, 2.24) is 14.5 Å². The van der Waals surface area contributed by atoms with Gasteiger partial charge in [0, 0.05) is 17.3 Å². The van der Waals surface area contributed by atoms with Crippen molar-refractivity contribution >= 4 is 11.6 Å². The van der Waals surface area contributed by atoms with Gasteiger partial charge in [-0.25, -0.2) is 0 Å². The Morgan fingerprint density at radius 1 is 0.871 bits per heavy atom. The highest BCUT2D eigenvalue weighted by molar-refractivity contribution is 6.11. The molecule has 0 radical (unpaired) electrons. The van der Waals surface area contributed by atoms with Crippen LogP contribution in [0.1, 0.15) is 26.4 Å². The number of benzene rings is 2. The van der Waals surface area contributed by atoms with Gasteiger partial charge in [0.2, 0.25) is 0 Å². The lowest BCUT2D eigenvalue weighted by molar-refractivity contribution is -0.0889. The van der Waals surface area contributed by atoms with Crippen LogP contribution in [-0.4, -0.2) is 37.5 Å². The molecule has 0 aliphatic rings. The minimum absolute atomic E-state index is 0.00595. The molecule has 6 nitrogen and oxygen atoms in total. The van der Waals surface area contributed by atoms with Crippen molar-refractivity contribution in [3.8, 4) is 16.8 Å². The molecule has 4 rings (SSSR count). The molecule has 31 heavy (non-hydrogen) atoms. The molecule has 156 valence electrons. The van der Waals surface area contributed by atoms with Gasteiger partial charge in [-0.15, -0.1) is 9.94 Å². The molecule has 0 aliphatic heterocycles. The third kappa shape index (κ3) is 3.97. The van der Waals surface area contributed by atoms with E-state index in [0.29, 0.717) is 4.85 Å². The highest BCUT2D eigenvalue weighted by atomic mass is 19.4. The second-order valence-electron chi connectivity index (χ2n) is 6.70. The molecule has 0 atom stereocenters. The standard InChI is InChI=1S/C22H14F3N3O3/c23-22(24,25)21(30)19-10-17(12-27(19)18-11-26-28(31)13-18)20(29)16-8-6-15(7-9-16)14-4-2-1-3-5-14/h1-13,31H. The van der Waals surface area contributed by atoms with E-state index in [1.807, 2.05) is 30.3 Å². The van der Waals surface area contributed by atoms with E-state index in [4.69, 9.17) is 0 Å². The fraction of sp³-hybridized carbons (Fsp3) is 0.0455. The predicted octanol–water partition coefficient (Wildman–Crippen LogP) is 4.55. The number of carbonyl (C=O) groups is 2. The van der Waals surface area contributed by atoms with Crippen LogP contribution >= 0.6 is 0 Å². The van der Waals surface area contributed by atoms with Crippen molar-refractivity contribution in [2.75, 3.05) is 0 Å². The number of ketones is 2. The third-order valence-corrected chi connectivity index (χ3v) is 4.66. The van der Waals surface area contributed by atoms with Crippen molar-refractivity contribution in [3.05, 3.63) is 96.1 Å². The zero-order valence-electron chi connectivity index (χ0n) is 15.7. The molecule has 1 N–H and O–H groups in total. The first-order valence-electron chi connectivity index (χ1n) is 9.02. The number of halogens is 3. The van der Waals surface area contributed by atoms with E-state index >= 15 is 0 Å². The van der Waals surface area contributed by atoms with Crippen LogP contribution < -0.4 is 0 Å². The van der Waals surface area contributed by atoms with Gasteiger partial charge in [0.05, 0.1) is 23.8 Å². The lowest BCUT2D eigenvalue weighted by Crippen LogP contribution is -2.25. The van der Waals surface area contributed by atoms with Gasteiger partial charge in [-0.05, 0) is 17.2 Å². The Morgan fingerprint density at radius 3 is 2.10 bits per heavy atom. The molecule has 0 spiro atoms. The Balaban J connectivity index is 1.71. The van der Waals surface area contributed by atoms with Gasteiger partial charge in [-0.2, -0.15) is 13.2 Å². The SMILES string of the molecule is O=C(c1ccc(-c2ccccc2)cc1)c1cc(C(=O)C(F)(F)F)n(-c2cnn(O)c2)c1. The maximum absolute atomic E-state index is 13.1. The molecule has 0 saturated heterocycles. The number of nitrogens with zero attached hydrogens (tertiary/aromatic N) is 3. The Hall–Kier alpha value is -4.14. The summed E-state index contributed by atoms with van der Waals surface area (Å²) in [5.74, 6) is -2.66. The molecule has 9 heteroatoms. The molecule has 0 amide bonds. The van der Waals surface area contributed by atoms with Crippen molar-refractivity contribution < 1.29 is 28.0 Å². The predicted molar refractivity (Wildman–Crippen MR) is 104 cm³/mol. The highest BCUT2D eigenvalue weighted by Crippen LogP contribution is 2.27. The lowest BCUT2D eigenvalue weighted by atomic mass is 10.0. The van der Waals surface area contributed by atoms with Gasteiger partial charge in [0.15, 0.2) is 5.78 Å². The normalized spacial score (nSPS) is 11.5. The van der Waals surface area contributed by atoms with E-state index < -0.39 is 23.4 Å². The summed E-state index contributed by atoms with van der Waals surface area (Å²) in [6.45, 7) is 0. The molecule has 2 aromatic carbocycles. The van der Waals surface area contributed by atoms with E-state index in [9.17, 15) is 28.0 Å². The largest absolute Gasteiger partial charge is 0.456 e. The summed E-state index contributed by atoms with van der Waals surface area (Å²) in [4.78, 5) is 25.2. The number of carbonyl (C=O) groups excluding carboxylic acids is 2. The summed E-state index contributed by atoms with van der Waals surface area (Å²) in [6.07, 6.45) is -1.95. The number of aromatic nitrogens is 3. The second-order valence-corrected chi connectivity index (χ2v) is 6.70. The van der Waals surface area contributed by atoms with Gasteiger partial charge < -0.3 is 9.77 Å². The molecule has 0 aliphatic carbocycles. The zero-order valence-corrected chi connectivity index (χ0v) is 15.7. The van der Waals surface area contributed by atoms with Crippen LogP contribution in [0.25, 0.3) is 16.8 Å². The molecule has 0 saturated carbocycles. The molecule has 2 heterocycles. The third-order valence-electron chi connectivity index (χ3n) is 4.66. The number of rotatable bonds is 5. The van der Waals surface area contributed by atoms with Crippen molar-refractivity contribution in [1.29, 1.82) is 0 Å². The van der Waals surface area contributed by atoms with Gasteiger partial charge >= 0.3 is 6.18 Å². The average molecular weight is 425 g/mol. The van der Waals surface area contributed by atoms with Gasteiger partial charge in [-0.1, -0.05) is 54.6 Å². The van der Waals surface area contributed by atoms with Crippen LogP contribution in [0.2, 0.25) is 0 Å². The summed E-state index contributed by atoms with van der Waals surface area (Å²) in [6, 6.07) is 17.0. The van der Waals surface area contributed by atoms with Gasteiger partial charge in [-0.3, -0.25) is 9.59 Å². The minimum Gasteiger partial charge on any atom is -0.412 e. The highest BCUT2D eigenvalue weighted by Gasteiger charge is 2.41. The molecule has 0 fully saturated rings. The van der Waals surface area contributed by atoms with E-state index in [2.05, 4.69) is 5.10 Å². The molecule has 0 bridgehead atoms. The molecular weight excluding hydrogens is 411 g/mol. The van der Waals surface area contributed by atoms with Crippen LogP contribution in [0.15, 0.2) is 79.3 Å². The molecule has 2 aromatic heterocycles. The Labute approximate surface area is 173 Å². The van der Waals surface area contributed by atoms with Crippen LogP contribution in [0.5, 0.6) is 0 Å². The topological polar surface area (TPSA) is 77.1 Å². The first kappa shape index (κ1) is 20.1. The number of alkyl halides is 3. The Kier molecular flexibility index (Phi) is 4.94. The van der Waals surface area contributed by atoms with Crippen molar-refractivity contribution in [2.45, 2.75) is 6.18 Å². The second kappa shape index (κ2) is 7.60. The average Bonchev–Trinajstić information content (AvgIpc) is 3.39. The molecular formula is C22H14F3N3O3. The monoisotopic (exact) mass is 425 g/mol. The zero-order chi connectivity index (χ0) is 22.2. The van der Waals surface area contributed by atoms with Gasteiger partial charge in [0.1, 0.15) is 0 Å². The number of Topliss-reactive ketones (excluding diaryl/α,β-unsaturated/α-hetero) is 1. The summed E-state index contributed by atoms with van der Waals surface area (Å²) in [5, 5.41) is 12.8.